The van der Waals surface area contributed by atoms with Gasteiger partial charge in [-0.15, -0.1) is 11.3 Å². The topological polar surface area (TPSA) is 75.6 Å². The lowest BCUT2D eigenvalue weighted by Gasteiger charge is -2.10. The van der Waals surface area contributed by atoms with Crippen molar-refractivity contribution in [3.05, 3.63) is 64.0 Å². The molecule has 0 aliphatic carbocycles. The maximum absolute atomic E-state index is 12.9. The molecule has 0 bridgehead atoms. The number of pyridine rings is 1. The molecule has 0 spiro atoms. The summed E-state index contributed by atoms with van der Waals surface area (Å²) in [6, 6.07) is 13.5. The molecule has 4 rings (SSSR count). The Labute approximate surface area is 164 Å². The van der Waals surface area contributed by atoms with Crippen LogP contribution in [-0.2, 0) is 13.5 Å². The van der Waals surface area contributed by atoms with E-state index in [0.29, 0.717) is 23.3 Å². The lowest BCUT2D eigenvalue weighted by atomic mass is 10.1. The van der Waals surface area contributed by atoms with Crippen molar-refractivity contribution >= 4 is 40.4 Å². The molecule has 3 aromatic heterocycles. The van der Waals surface area contributed by atoms with E-state index in [0.717, 1.165) is 27.3 Å². The summed E-state index contributed by atoms with van der Waals surface area (Å²) >= 11 is 6.72. The average Bonchev–Trinajstić information content (AvgIpc) is 3.33. The zero-order valence-electron chi connectivity index (χ0n) is 14.6. The summed E-state index contributed by atoms with van der Waals surface area (Å²) in [7, 11) is 1.85. The first-order chi connectivity index (χ1) is 13.1. The van der Waals surface area contributed by atoms with Crippen LogP contribution in [0.15, 0.2) is 47.8 Å². The molecule has 8 heteroatoms. The second-order valence-corrected chi connectivity index (χ2v) is 7.39. The van der Waals surface area contributed by atoms with Gasteiger partial charge in [0.05, 0.1) is 21.7 Å². The molecule has 3 heterocycles. The van der Waals surface area contributed by atoms with E-state index in [1.165, 1.54) is 0 Å². The van der Waals surface area contributed by atoms with Crippen LogP contribution in [0.4, 0.5) is 0 Å². The quantitative estimate of drug-likeness (QED) is 0.505. The summed E-state index contributed by atoms with van der Waals surface area (Å²) in [6.45, 7) is 0.470. The van der Waals surface area contributed by atoms with Crippen LogP contribution < -0.4 is 5.32 Å². The maximum Gasteiger partial charge on any atom is 0.252 e. The Bertz CT molecular complexity index is 1160. The number of carbonyl (C=O) groups is 1. The van der Waals surface area contributed by atoms with Crippen molar-refractivity contribution in [3.8, 4) is 10.6 Å². The van der Waals surface area contributed by atoms with Crippen LogP contribution in [-0.4, -0.2) is 32.2 Å². The number of hydrogen-bond acceptors (Lipinski definition) is 5. The first-order valence-electron chi connectivity index (χ1n) is 8.45. The number of nitrogens with one attached hydrogen (secondary N) is 2. The van der Waals surface area contributed by atoms with E-state index in [1.54, 1.807) is 15.9 Å². The maximum atomic E-state index is 12.9. The van der Waals surface area contributed by atoms with E-state index in [9.17, 15) is 4.79 Å². The van der Waals surface area contributed by atoms with Gasteiger partial charge < -0.3 is 9.88 Å². The molecule has 0 saturated heterocycles. The Morgan fingerprint density at radius 2 is 2.15 bits per heavy atom. The van der Waals surface area contributed by atoms with E-state index >= 15 is 0 Å². The fourth-order valence-electron chi connectivity index (χ4n) is 2.90. The third-order valence-corrected chi connectivity index (χ3v) is 5.60. The van der Waals surface area contributed by atoms with Gasteiger partial charge in [0.15, 0.2) is 4.77 Å². The number of hydrogen-bond donors (Lipinski definition) is 2. The van der Waals surface area contributed by atoms with Crippen LogP contribution in [0.2, 0.25) is 0 Å². The monoisotopic (exact) mass is 395 g/mol. The van der Waals surface area contributed by atoms with Crippen molar-refractivity contribution in [2.45, 2.75) is 6.42 Å². The minimum Gasteiger partial charge on any atom is -0.352 e. The number of para-hydroxylation sites is 1. The molecule has 6 nitrogen and oxygen atoms in total. The summed E-state index contributed by atoms with van der Waals surface area (Å²) in [6.07, 6.45) is 0.593. The van der Waals surface area contributed by atoms with Crippen molar-refractivity contribution < 1.29 is 4.79 Å². The number of rotatable bonds is 5. The number of benzene rings is 1. The summed E-state index contributed by atoms with van der Waals surface area (Å²) in [5.74, 6) is 0.683. The van der Waals surface area contributed by atoms with Gasteiger partial charge in [-0.05, 0) is 35.8 Å². The number of thiophene rings is 1. The zero-order chi connectivity index (χ0) is 18.8. The van der Waals surface area contributed by atoms with Crippen molar-refractivity contribution in [1.82, 2.24) is 25.1 Å². The number of nitrogens with zero attached hydrogens (tertiary/aromatic N) is 3. The van der Waals surface area contributed by atoms with Gasteiger partial charge in [-0.25, -0.2) is 4.98 Å². The van der Waals surface area contributed by atoms with Gasteiger partial charge in [0.1, 0.15) is 5.82 Å². The van der Waals surface area contributed by atoms with Crippen LogP contribution in [0.3, 0.4) is 0 Å². The van der Waals surface area contributed by atoms with E-state index in [4.69, 9.17) is 17.2 Å². The third kappa shape index (κ3) is 3.54. The van der Waals surface area contributed by atoms with Gasteiger partial charge in [0.2, 0.25) is 0 Å². The zero-order valence-corrected chi connectivity index (χ0v) is 16.2. The SMILES string of the molecule is Cn1c(CCNC(=O)c2cc(-c3cccs3)nc3ccccc23)n[nH]c1=S. The Hall–Kier alpha value is -2.84. The number of carbonyl (C=O) groups excluding carboxylic acids is 1. The highest BCUT2D eigenvalue weighted by Gasteiger charge is 2.14. The lowest BCUT2D eigenvalue weighted by molar-refractivity contribution is 0.0955. The number of H-pyrrole nitrogens is 1. The molecule has 0 unspecified atom stereocenters. The Morgan fingerprint density at radius 3 is 2.89 bits per heavy atom. The second kappa shape index (κ2) is 7.42. The first kappa shape index (κ1) is 17.6. The predicted octanol–water partition coefficient (Wildman–Crippen LogP) is 3.73. The Morgan fingerprint density at radius 1 is 1.30 bits per heavy atom. The van der Waals surface area contributed by atoms with Crippen LogP contribution in [0.5, 0.6) is 0 Å². The predicted molar refractivity (Wildman–Crippen MR) is 109 cm³/mol. The molecule has 4 aromatic rings. The minimum absolute atomic E-state index is 0.122. The van der Waals surface area contributed by atoms with Crippen LogP contribution in [0.1, 0.15) is 16.2 Å². The fourth-order valence-corrected chi connectivity index (χ4v) is 3.74. The Kier molecular flexibility index (Phi) is 4.83. The molecule has 27 heavy (non-hydrogen) atoms. The number of fused-ring (bicyclic) bond motifs is 1. The van der Waals surface area contributed by atoms with Gasteiger partial charge in [-0.2, -0.15) is 5.10 Å². The first-order valence-corrected chi connectivity index (χ1v) is 9.74. The highest BCUT2D eigenvalue weighted by atomic mass is 32.1. The molecule has 0 saturated carbocycles. The standard InChI is InChI=1S/C19H17N5OS2/c1-24-17(22-23-19(24)26)8-9-20-18(25)13-11-15(16-7-4-10-27-16)21-14-6-3-2-5-12(13)14/h2-7,10-11H,8-9H2,1H3,(H,20,25)(H,23,26). The molecule has 0 aliphatic heterocycles. The third-order valence-electron chi connectivity index (χ3n) is 4.34. The van der Waals surface area contributed by atoms with Crippen LogP contribution >= 0.6 is 23.6 Å². The highest BCUT2D eigenvalue weighted by molar-refractivity contribution is 7.71. The lowest BCUT2D eigenvalue weighted by Crippen LogP contribution is -2.26. The smallest absolute Gasteiger partial charge is 0.252 e. The van der Waals surface area contributed by atoms with Crippen molar-refractivity contribution in [3.63, 3.8) is 0 Å². The molecule has 136 valence electrons. The minimum atomic E-state index is -0.122. The number of aromatic nitrogens is 4. The molecular formula is C19H17N5OS2. The van der Waals surface area contributed by atoms with Crippen molar-refractivity contribution in [2.75, 3.05) is 6.54 Å². The summed E-state index contributed by atoms with van der Waals surface area (Å²) in [5, 5.41) is 12.7. The van der Waals surface area contributed by atoms with Crippen molar-refractivity contribution in [2.24, 2.45) is 7.05 Å². The fraction of sp³-hybridized carbons (Fsp3) is 0.158. The van der Waals surface area contributed by atoms with E-state index in [-0.39, 0.29) is 5.91 Å². The molecule has 0 fully saturated rings. The van der Waals surface area contributed by atoms with Gasteiger partial charge >= 0.3 is 0 Å². The van der Waals surface area contributed by atoms with Crippen molar-refractivity contribution in [1.29, 1.82) is 0 Å². The van der Waals surface area contributed by atoms with Crippen LogP contribution in [0, 0.1) is 4.77 Å². The molecule has 1 amide bonds. The largest absolute Gasteiger partial charge is 0.352 e. The van der Waals surface area contributed by atoms with E-state index in [1.807, 2.05) is 54.9 Å². The normalized spacial score (nSPS) is 11.0. The summed E-state index contributed by atoms with van der Waals surface area (Å²) in [4.78, 5) is 18.6. The van der Waals surface area contributed by atoms with E-state index in [2.05, 4.69) is 15.5 Å². The van der Waals surface area contributed by atoms with Gasteiger partial charge in [-0.3, -0.25) is 9.89 Å². The van der Waals surface area contributed by atoms with Gasteiger partial charge in [0.25, 0.3) is 5.91 Å². The number of aromatic amines is 1. The molecule has 1 aromatic carbocycles. The molecule has 0 radical (unpaired) electrons. The Balaban J connectivity index is 1.60. The molecular weight excluding hydrogens is 378 g/mol. The molecule has 2 N–H and O–H groups in total. The molecule has 0 aliphatic rings. The van der Waals surface area contributed by atoms with Gasteiger partial charge in [-0.1, -0.05) is 24.3 Å². The summed E-state index contributed by atoms with van der Waals surface area (Å²) in [5.41, 5.74) is 2.24. The van der Waals surface area contributed by atoms with Crippen LogP contribution in [0.25, 0.3) is 21.5 Å². The second-order valence-electron chi connectivity index (χ2n) is 6.06. The number of amides is 1. The van der Waals surface area contributed by atoms with E-state index < -0.39 is 0 Å². The van der Waals surface area contributed by atoms with Gasteiger partial charge in [0, 0.05) is 25.4 Å². The average molecular weight is 396 g/mol. The highest BCUT2D eigenvalue weighted by Crippen LogP contribution is 2.27. The molecule has 0 atom stereocenters. The summed E-state index contributed by atoms with van der Waals surface area (Å²) < 4.78 is 2.37.